The van der Waals surface area contributed by atoms with Crippen LogP contribution in [0.1, 0.15) is 19.4 Å². The second kappa shape index (κ2) is 5.80. The summed E-state index contributed by atoms with van der Waals surface area (Å²) in [6.45, 7) is 4.35. The van der Waals surface area contributed by atoms with Crippen LogP contribution in [0.4, 0.5) is 0 Å². The van der Waals surface area contributed by atoms with Crippen LogP contribution >= 0.6 is 0 Å². The van der Waals surface area contributed by atoms with Gasteiger partial charge in [-0.1, -0.05) is 26.0 Å². The molecular formula is C15H18N2O2. The van der Waals surface area contributed by atoms with Crippen molar-refractivity contribution in [2.24, 2.45) is 5.92 Å². The van der Waals surface area contributed by atoms with Crippen LogP contribution in [0.5, 0.6) is 0 Å². The monoisotopic (exact) mass is 258 g/mol. The van der Waals surface area contributed by atoms with Crippen molar-refractivity contribution < 1.29 is 9.90 Å². The Labute approximate surface area is 112 Å². The van der Waals surface area contributed by atoms with Crippen molar-refractivity contribution in [3.8, 4) is 0 Å². The van der Waals surface area contributed by atoms with E-state index in [1.807, 2.05) is 38.2 Å². The van der Waals surface area contributed by atoms with Crippen molar-refractivity contribution in [3.63, 3.8) is 0 Å². The number of fused-ring (bicyclic) bond motifs is 1. The average Bonchev–Trinajstić information content (AvgIpc) is 2.38. The molecule has 2 rings (SSSR count). The average molecular weight is 258 g/mol. The lowest BCUT2D eigenvalue weighted by molar-refractivity contribution is -0.140. The number of carboxylic acid groups (broad SMARTS) is 1. The van der Waals surface area contributed by atoms with Crippen molar-refractivity contribution >= 4 is 16.7 Å². The van der Waals surface area contributed by atoms with Crippen molar-refractivity contribution in [1.29, 1.82) is 0 Å². The fourth-order valence-electron chi connectivity index (χ4n) is 2.08. The number of carbonyl (C=O) groups is 1. The summed E-state index contributed by atoms with van der Waals surface area (Å²) in [6.07, 6.45) is 3.58. The van der Waals surface area contributed by atoms with Crippen molar-refractivity contribution in [2.75, 3.05) is 0 Å². The Hall–Kier alpha value is -1.94. The summed E-state index contributed by atoms with van der Waals surface area (Å²) in [5, 5.41) is 14.4. The summed E-state index contributed by atoms with van der Waals surface area (Å²) in [5.74, 6) is -0.748. The Balaban J connectivity index is 2.11. The Bertz CT molecular complexity index is 581. The fourth-order valence-corrected chi connectivity index (χ4v) is 2.08. The number of aromatic nitrogens is 1. The van der Waals surface area contributed by atoms with Crippen molar-refractivity contribution in [3.05, 3.63) is 42.2 Å². The lowest BCUT2D eigenvalue weighted by Crippen LogP contribution is -2.40. The Morgan fingerprint density at radius 3 is 2.79 bits per heavy atom. The normalized spacial score (nSPS) is 12.8. The molecule has 4 nitrogen and oxygen atoms in total. The first-order chi connectivity index (χ1) is 9.08. The van der Waals surface area contributed by atoms with Gasteiger partial charge in [0, 0.05) is 24.3 Å². The smallest absolute Gasteiger partial charge is 0.320 e. The van der Waals surface area contributed by atoms with E-state index < -0.39 is 12.0 Å². The topological polar surface area (TPSA) is 62.2 Å². The van der Waals surface area contributed by atoms with Crippen LogP contribution in [0.15, 0.2) is 36.7 Å². The van der Waals surface area contributed by atoms with Gasteiger partial charge in [0.05, 0.1) is 0 Å². The molecule has 0 aliphatic heterocycles. The number of pyridine rings is 1. The minimum absolute atomic E-state index is 0.0576. The maximum atomic E-state index is 11.1. The van der Waals surface area contributed by atoms with Crippen LogP contribution in [0.2, 0.25) is 0 Å². The maximum absolute atomic E-state index is 11.1. The summed E-state index contributed by atoms with van der Waals surface area (Å²) in [6, 6.07) is 7.49. The summed E-state index contributed by atoms with van der Waals surface area (Å²) >= 11 is 0. The first-order valence-corrected chi connectivity index (χ1v) is 6.37. The number of nitrogens with one attached hydrogen (secondary N) is 1. The molecule has 0 fully saturated rings. The van der Waals surface area contributed by atoms with Gasteiger partial charge in [0.1, 0.15) is 6.04 Å². The van der Waals surface area contributed by atoms with Gasteiger partial charge < -0.3 is 10.4 Å². The molecule has 2 N–H and O–H groups in total. The third kappa shape index (κ3) is 3.29. The van der Waals surface area contributed by atoms with E-state index in [-0.39, 0.29) is 5.92 Å². The second-order valence-electron chi connectivity index (χ2n) is 5.00. The Kier molecular flexibility index (Phi) is 4.12. The van der Waals surface area contributed by atoms with Crippen LogP contribution < -0.4 is 5.32 Å². The van der Waals surface area contributed by atoms with Gasteiger partial charge in [0.2, 0.25) is 0 Å². The van der Waals surface area contributed by atoms with E-state index >= 15 is 0 Å². The summed E-state index contributed by atoms with van der Waals surface area (Å²) < 4.78 is 0. The highest BCUT2D eigenvalue weighted by Crippen LogP contribution is 2.14. The largest absolute Gasteiger partial charge is 0.480 e. The van der Waals surface area contributed by atoms with Gasteiger partial charge in [-0.15, -0.1) is 0 Å². The zero-order chi connectivity index (χ0) is 13.8. The van der Waals surface area contributed by atoms with Crippen molar-refractivity contribution in [2.45, 2.75) is 26.4 Å². The molecule has 1 aromatic carbocycles. The van der Waals surface area contributed by atoms with Gasteiger partial charge in [-0.25, -0.2) is 0 Å². The zero-order valence-electron chi connectivity index (χ0n) is 11.1. The van der Waals surface area contributed by atoms with Gasteiger partial charge in [-0.05, 0) is 29.0 Å². The molecule has 1 atom stereocenters. The molecule has 0 radical (unpaired) electrons. The fraction of sp³-hybridized carbons (Fsp3) is 0.333. The van der Waals surface area contributed by atoms with Gasteiger partial charge in [-0.3, -0.25) is 9.78 Å². The number of carboxylic acids is 1. The van der Waals surface area contributed by atoms with Crippen LogP contribution in [0, 0.1) is 5.92 Å². The molecule has 0 spiro atoms. The summed E-state index contributed by atoms with van der Waals surface area (Å²) in [4.78, 5) is 15.2. The molecule has 100 valence electrons. The van der Waals surface area contributed by atoms with Gasteiger partial charge in [0.15, 0.2) is 0 Å². The summed E-state index contributed by atoms with van der Waals surface area (Å²) in [5.41, 5.74) is 1.07. The number of aliphatic carboxylic acids is 1. The lowest BCUT2D eigenvalue weighted by Gasteiger charge is -2.18. The van der Waals surface area contributed by atoms with Crippen LogP contribution in [-0.2, 0) is 11.3 Å². The predicted octanol–water partition coefficient (Wildman–Crippen LogP) is 2.43. The molecule has 0 amide bonds. The second-order valence-corrected chi connectivity index (χ2v) is 5.00. The maximum Gasteiger partial charge on any atom is 0.320 e. The highest BCUT2D eigenvalue weighted by molar-refractivity contribution is 5.82. The summed E-state index contributed by atoms with van der Waals surface area (Å²) in [7, 11) is 0. The number of benzene rings is 1. The van der Waals surface area contributed by atoms with E-state index in [9.17, 15) is 4.79 Å². The number of hydrogen-bond acceptors (Lipinski definition) is 3. The third-order valence-corrected chi connectivity index (χ3v) is 3.16. The third-order valence-electron chi connectivity index (χ3n) is 3.16. The van der Waals surface area contributed by atoms with Gasteiger partial charge in [0.25, 0.3) is 0 Å². The predicted molar refractivity (Wildman–Crippen MR) is 74.8 cm³/mol. The first-order valence-electron chi connectivity index (χ1n) is 6.37. The minimum Gasteiger partial charge on any atom is -0.480 e. The molecule has 2 aromatic rings. The minimum atomic E-state index is -0.806. The van der Waals surface area contributed by atoms with Crippen LogP contribution in [0.3, 0.4) is 0 Å². The molecule has 0 aliphatic carbocycles. The molecule has 4 heteroatoms. The standard InChI is InChI=1S/C15H18N2O2/c1-10(2)14(15(18)19)17-8-11-3-4-13-9-16-6-5-12(13)7-11/h3-7,9-10,14,17H,8H2,1-2H3,(H,18,19). The van der Waals surface area contributed by atoms with E-state index in [0.29, 0.717) is 6.54 Å². The molecule has 0 saturated carbocycles. The lowest BCUT2D eigenvalue weighted by atomic mass is 10.0. The van der Waals surface area contributed by atoms with Crippen LogP contribution in [0.25, 0.3) is 10.8 Å². The van der Waals surface area contributed by atoms with E-state index in [4.69, 9.17) is 5.11 Å². The SMILES string of the molecule is CC(C)C(NCc1ccc2cnccc2c1)C(=O)O. The molecule has 1 unspecified atom stereocenters. The molecule has 1 aromatic heterocycles. The molecule has 0 aliphatic rings. The molecule has 0 bridgehead atoms. The number of hydrogen-bond donors (Lipinski definition) is 2. The van der Waals surface area contributed by atoms with E-state index in [1.165, 1.54) is 0 Å². The van der Waals surface area contributed by atoms with E-state index in [0.717, 1.165) is 16.3 Å². The van der Waals surface area contributed by atoms with E-state index in [2.05, 4.69) is 16.4 Å². The first kappa shape index (κ1) is 13.5. The zero-order valence-corrected chi connectivity index (χ0v) is 11.1. The van der Waals surface area contributed by atoms with Gasteiger partial charge >= 0.3 is 5.97 Å². The molecule has 1 heterocycles. The van der Waals surface area contributed by atoms with Crippen molar-refractivity contribution in [1.82, 2.24) is 10.3 Å². The van der Waals surface area contributed by atoms with Crippen LogP contribution in [-0.4, -0.2) is 22.1 Å². The molecular weight excluding hydrogens is 240 g/mol. The number of rotatable bonds is 5. The highest BCUT2D eigenvalue weighted by Gasteiger charge is 2.20. The molecule has 19 heavy (non-hydrogen) atoms. The highest BCUT2D eigenvalue weighted by atomic mass is 16.4. The Morgan fingerprint density at radius 2 is 2.11 bits per heavy atom. The quantitative estimate of drug-likeness (QED) is 0.864. The molecule has 0 saturated heterocycles. The Morgan fingerprint density at radius 1 is 1.32 bits per heavy atom. The van der Waals surface area contributed by atoms with Gasteiger partial charge in [-0.2, -0.15) is 0 Å². The number of nitrogens with zero attached hydrogens (tertiary/aromatic N) is 1. The van der Waals surface area contributed by atoms with E-state index in [1.54, 1.807) is 6.20 Å².